The van der Waals surface area contributed by atoms with E-state index in [1.807, 2.05) is 49.4 Å². The Morgan fingerprint density at radius 3 is 2.18 bits per heavy atom. The van der Waals surface area contributed by atoms with Crippen molar-refractivity contribution in [2.45, 2.75) is 25.8 Å². The molecule has 168 valence electrons. The van der Waals surface area contributed by atoms with Gasteiger partial charge in [0.25, 0.3) is 11.8 Å². The lowest BCUT2D eigenvalue weighted by atomic mass is 10.0. The van der Waals surface area contributed by atoms with Crippen molar-refractivity contribution in [1.82, 2.24) is 4.90 Å². The van der Waals surface area contributed by atoms with Crippen LogP contribution in [0.1, 0.15) is 52.1 Å². The Morgan fingerprint density at radius 1 is 0.818 bits per heavy atom. The predicted octanol–water partition coefficient (Wildman–Crippen LogP) is 5.12. The molecule has 0 aromatic heterocycles. The minimum atomic E-state index is -0.208. The first-order chi connectivity index (χ1) is 15.9. The highest BCUT2D eigenvalue weighted by molar-refractivity contribution is 6.04. The molecule has 33 heavy (non-hydrogen) atoms. The fraction of sp³-hybridized carbons (Fsp3) is 0.222. The molecular weight excluding hydrogens is 414 g/mol. The molecule has 0 spiro atoms. The summed E-state index contributed by atoms with van der Waals surface area (Å²) in [4.78, 5) is 39.1. The van der Waals surface area contributed by atoms with Crippen LogP contribution in [-0.2, 0) is 4.79 Å². The molecule has 3 aromatic rings. The quantitative estimate of drug-likeness (QED) is 0.534. The van der Waals surface area contributed by atoms with Crippen LogP contribution in [0.5, 0.6) is 0 Å². The van der Waals surface area contributed by atoms with Crippen molar-refractivity contribution in [2.24, 2.45) is 5.92 Å². The van der Waals surface area contributed by atoms with Crippen LogP contribution in [0.15, 0.2) is 78.9 Å². The molecular formula is C27H27N3O3. The van der Waals surface area contributed by atoms with Crippen molar-refractivity contribution < 1.29 is 14.4 Å². The molecule has 3 aromatic carbocycles. The van der Waals surface area contributed by atoms with E-state index in [0.29, 0.717) is 22.5 Å². The molecule has 0 aliphatic heterocycles. The standard InChI is InChI=1S/C27H27N3O3/c1-18(22-9-6-10-24(17-22)29-25(31)19-7-4-3-5-8-19)30(2)27(33)21-13-15-23(16-14-21)28-26(32)20-11-12-20/h3-10,13-18,20H,11-12H2,1-2H3,(H,28,32)(H,29,31). The SMILES string of the molecule is CC(c1cccc(NC(=O)c2ccccc2)c1)N(C)C(=O)c1ccc(NC(=O)C2CC2)cc1. The number of carbonyl (C=O) groups is 3. The van der Waals surface area contributed by atoms with Crippen molar-refractivity contribution in [3.05, 3.63) is 95.6 Å². The normalized spacial score (nSPS) is 13.6. The summed E-state index contributed by atoms with van der Waals surface area (Å²) in [7, 11) is 1.75. The van der Waals surface area contributed by atoms with Crippen molar-refractivity contribution >= 4 is 29.1 Å². The molecule has 1 aliphatic carbocycles. The minimum Gasteiger partial charge on any atom is -0.335 e. The lowest BCUT2D eigenvalue weighted by molar-refractivity contribution is -0.117. The Balaban J connectivity index is 1.41. The van der Waals surface area contributed by atoms with Gasteiger partial charge in [-0.25, -0.2) is 0 Å². The number of nitrogens with zero attached hydrogens (tertiary/aromatic N) is 1. The highest BCUT2D eigenvalue weighted by atomic mass is 16.2. The van der Waals surface area contributed by atoms with Gasteiger partial charge in [0.15, 0.2) is 0 Å². The second-order valence-corrected chi connectivity index (χ2v) is 8.38. The summed E-state index contributed by atoms with van der Waals surface area (Å²) >= 11 is 0. The number of amides is 3. The number of carbonyl (C=O) groups excluding carboxylic acids is 3. The van der Waals surface area contributed by atoms with Crippen LogP contribution in [0.3, 0.4) is 0 Å². The highest BCUT2D eigenvalue weighted by Crippen LogP contribution is 2.30. The smallest absolute Gasteiger partial charge is 0.255 e. The summed E-state index contributed by atoms with van der Waals surface area (Å²) in [5.74, 6) is -0.134. The van der Waals surface area contributed by atoms with Gasteiger partial charge >= 0.3 is 0 Å². The topological polar surface area (TPSA) is 78.5 Å². The molecule has 0 heterocycles. The van der Waals surface area contributed by atoms with Gasteiger partial charge in [-0.15, -0.1) is 0 Å². The summed E-state index contributed by atoms with van der Waals surface area (Å²) in [6, 6.07) is 23.3. The zero-order chi connectivity index (χ0) is 23.4. The van der Waals surface area contributed by atoms with E-state index < -0.39 is 0 Å². The third-order valence-corrected chi connectivity index (χ3v) is 5.91. The number of benzene rings is 3. The molecule has 0 bridgehead atoms. The Kier molecular flexibility index (Phi) is 6.54. The Hall–Kier alpha value is -3.93. The molecule has 6 heteroatoms. The fourth-order valence-electron chi connectivity index (χ4n) is 3.56. The van der Waals surface area contributed by atoms with Crippen LogP contribution in [-0.4, -0.2) is 29.7 Å². The van der Waals surface area contributed by atoms with Crippen molar-refractivity contribution in [1.29, 1.82) is 0 Å². The number of anilines is 2. The summed E-state index contributed by atoms with van der Waals surface area (Å²) in [5.41, 5.74) is 3.40. The summed E-state index contributed by atoms with van der Waals surface area (Å²) in [6.45, 7) is 1.94. The van der Waals surface area contributed by atoms with Crippen molar-refractivity contribution in [3.63, 3.8) is 0 Å². The zero-order valence-corrected chi connectivity index (χ0v) is 18.7. The van der Waals surface area contributed by atoms with Gasteiger partial charge in [0.2, 0.25) is 5.91 Å². The number of nitrogens with one attached hydrogen (secondary N) is 2. The third-order valence-electron chi connectivity index (χ3n) is 5.91. The molecule has 4 rings (SSSR count). The van der Waals surface area contributed by atoms with Crippen molar-refractivity contribution in [2.75, 3.05) is 17.7 Å². The van der Waals surface area contributed by atoms with E-state index >= 15 is 0 Å². The molecule has 2 N–H and O–H groups in total. The van der Waals surface area contributed by atoms with Gasteiger partial charge < -0.3 is 15.5 Å². The molecule has 3 amide bonds. The molecule has 6 nitrogen and oxygen atoms in total. The second-order valence-electron chi connectivity index (χ2n) is 8.38. The maximum absolute atomic E-state index is 13.0. The summed E-state index contributed by atoms with van der Waals surface area (Å²) in [6.07, 6.45) is 1.89. The first-order valence-electron chi connectivity index (χ1n) is 11.1. The molecule has 1 saturated carbocycles. The van der Waals surface area contributed by atoms with Gasteiger partial charge in [-0.05, 0) is 73.9 Å². The van der Waals surface area contributed by atoms with Crippen LogP contribution in [0.25, 0.3) is 0 Å². The van der Waals surface area contributed by atoms with E-state index in [1.165, 1.54) is 0 Å². The average Bonchev–Trinajstić information content (AvgIpc) is 3.70. The average molecular weight is 442 g/mol. The van der Waals surface area contributed by atoms with Crippen LogP contribution in [0, 0.1) is 5.92 Å². The summed E-state index contributed by atoms with van der Waals surface area (Å²) in [5, 5.41) is 5.79. The second kappa shape index (κ2) is 9.69. The van der Waals surface area contributed by atoms with E-state index in [1.54, 1.807) is 48.3 Å². The molecule has 1 aliphatic rings. The van der Waals surface area contributed by atoms with E-state index in [4.69, 9.17) is 0 Å². The first-order valence-corrected chi connectivity index (χ1v) is 11.1. The largest absolute Gasteiger partial charge is 0.335 e. The maximum Gasteiger partial charge on any atom is 0.255 e. The zero-order valence-electron chi connectivity index (χ0n) is 18.7. The summed E-state index contributed by atoms with van der Waals surface area (Å²) < 4.78 is 0. The molecule has 1 atom stereocenters. The Labute approximate surface area is 193 Å². The molecule has 0 saturated heterocycles. The minimum absolute atomic E-state index is 0.0408. The van der Waals surface area contributed by atoms with Gasteiger partial charge in [0.05, 0.1) is 6.04 Å². The van der Waals surface area contributed by atoms with Crippen LogP contribution >= 0.6 is 0 Å². The van der Waals surface area contributed by atoms with E-state index in [-0.39, 0.29) is 29.7 Å². The van der Waals surface area contributed by atoms with E-state index in [9.17, 15) is 14.4 Å². The van der Waals surface area contributed by atoms with Crippen molar-refractivity contribution in [3.8, 4) is 0 Å². The highest BCUT2D eigenvalue weighted by Gasteiger charge is 2.29. The monoisotopic (exact) mass is 441 g/mol. The van der Waals surface area contributed by atoms with Gasteiger partial charge in [-0.3, -0.25) is 14.4 Å². The van der Waals surface area contributed by atoms with Crippen LogP contribution < -0.4 is 10.6 Å². The van der Waals surface area contributed by atoms with Gasteiger partial charge in [-0.1, -0.05) is 30.3 Å². The Bertz CT molecular complexity index is 1150. The Morgan fingerprint density at radius 2 is 1.52 bits per heavy atom. The lowest BCUT2D eigenvalue weighted by Gasteiger charge is -2.26. The van der Waals surface area contributed by atoms with E-state index in [2.05, 4.69) is 10.6 Å². The molecule has 1 unspecified atom stereocenters. The number of rotatable bonds is 7. The fourth-order valence-corrected chi connectivity index (χ4v) is 3.56. The third kappa shape index (κ3) is 5.47. The molecule has 1 fully saturated rings. The van der Waals surface area contributed by atoms with Crippen LogP contribution in [0.4, 0.5) is 11.4 Å². The number of hydrogen-bond acceptors (Lipinski definition) is 3. The van der Waals surface area contributed by atoms with Gasteiger partial charge in [0.1, 0.15) is 0 Å². The first kappa shape index (κ1) is 22.3. The van der Waals surface area contributed by atoms with Gasteiger partial charge in [-0.2, -0.15) is 0 Å². The van der Waals surface area contributed by atoms with Gasteiger partial charge in [0, 0.05) is 35.5 Å². The van der Waals surface area contributed by atoms with E-state index in [0.717, 1.165) is 18.4 Å². The predicted molar refractivity (Wildman–Crippen MR) is 129 cm³/mol. The molecule has 0 radical (unpaired) electrons. The lowest BCUT2D eigenvalue weighted by Crippen LogP contribution is -2.29. The maximum atomic E-state index is 13.0. The number of hydrogen-bond donors (Lipinski definition) is 2. The van der Waals surface area contributed by atoms with Crippen LogP contribution in [0.2, 0.25) is 0 Å².